The summed E-state index contributed by atoms with van der Waals surface area (Å²) in [5.41, 5.74) is 3.25. The number of benzene rings is 2. The highest BCUT2D eigenvalue weighted by atomic mass is 79.9. The third kappa shape index (κ3) is 2.80. The van der Waals surface area contributed by atoms with Gasteiger partial charge in [-0.2, -0.15) is 0 Å². The molecular formula is C15H10Br3ClO. The van der Waals surface area contributed by atoms with Crippen molar-refractivity contribution in [3.8, 4) is 5.75 Å². The molecule has 0 amide bonds. The molecule has 104 valence electrons. The van der Waals surface area contributed by atoms with Gasteiger partial charge < -0.3 is 4.74 Å². The highest BCUT2D eigenvalue weighted by Crippen LogP contribution is 2.43. The summed E-state index contributed by atoms with van der Waals surface area (Å²) in [6.07, 6.45) is 0.936. The normalized spacial score (nSPS) is 14.8. The summed E-state index contributed by atoms with van der Waals surface area (Å²) >= 11 is 17.3. The van der Waals surface area contributed by atoms with Gasteiger partial charge in [0.05, 0.1) is 12.0 Å². The molecule has 5 heteroatoms. The zero-order valence-electron chi connectivity index (χ0n) is 10.3. The second-order valence-electron chi connectivity index (χ2n) is 4.61. The maximum Gasteiger partial charge on any atom is 0.127 e. The highest BCUT2D eigenvalue weighted by Gasteiger charge is 2.24. The molecule has 0 bridgehead atoms. The summed E-state index contributed by atoms with van der Waals surface area (Å²) in [5, 5.41) is -0.258. The molecule has 1 nitrogen and oxygen atoms in total. The van der Waals surface area contributed by atoms with Crippen LogP contribution in [0.5, 0.6) is 5.75 Å². The van der Waals surface area contributed by atoms with Gasteiger partial charge in [0, 0.05) is 25.4 Å². The Morgan fingerprint density at radius 3 is 2.55 bits per heavy atom. The van der Waals surface area contributed by atoms with Crippen LogP contribution in [0, 0.1) is 0 Å². The lowest BCUT2D eigenvalue weighted by Crippen LogP contribution is -1.98. The molecule has 0 radical (unpaired) electrons. The largest absolute Gasteiger partial charge is 0.493 e. The zero-order valence-corrected chi connectivity index (χ0v) is 15.8. The summed E-state index contributed by atoms with van der Waals surface area (Å²) in [6, 6.07) is 10.2. The Bertz CT molecular complexity index is 672. The molecular weight excluding hydrogens is 471 g/mol. The molecule has 20 heavy (non-hydrogen) atoms. The number of ether oxygens (including phenoxy) is 1. The van der Waals surface area contributed by atoms with E-state index in [9.17, 15) is 0 Å². The molecule has 0 fully saturated rings. The minimum atomic E-state index is -0.258. The predicted molar refractivity (Wildman–Crippen MR) is 92.9 cm³/mol. The van der Waals surface area contributed by atoms with Gasteiger partial charge in [-0.3, -0.25) is 0 Å². The van der Waals surface area contributed by atoms with Gasteiger partial charge in [-0.1, -0.05) is 47.8 Å². The van der Waals surface area contributed by atoms with Crippen LogP contribution >= 0.6 is 59.4 Å². The third-order valence-corrected chi connectivity index (χ3v) is 5.42. The van der Waals surface area contributed by atoms with Crippen LogP contribution in [0.1, 0.15) is 22.1 Å². The van der Waals surface area contributed by atoms with Crippen LogP contribution in [-0.2, 0) is 6.42 Å². The Hall–Kier alpha value is -0.0300. The van der Waals surface area contributed by atoms with E-state index in [0.717, 1.165) is 43.3 Å². The number of alkyl halides is 1. The van der Waals surface area contributed by atoms with Crippen molar-refractivity contribution in [1.82, 2.24) is 0 Å². The minimum Gasteiger partial charge on any atom is -0.493 e. The third-order valence-electron chi connectivity index (χ3n) is 3.28. The average Bonchev–Trinajstić information content (AvgIpc) is 2.87. The number of hydrogen-bond acceptors (Lipinski definition) is 1. The van der Waals surface area contributed by atoms with E-state index in [-0.39, 0.29) is 5.38 Å². The van der Waals surface area contributed by atoms with E-state index < -0.39 is 0 Å². The van der Waals surface area contributed by atoms with E-state index in [1.165, 1.54) is 5.56 Å². The Labute approximate surface area is 148 Å². The van der Waals surface area contributed by atoms with Crippen LogP contribution in [0.25, 0.3) is 0 Å². The Morgan fingerprint density at radius 1 is 1.00 bits per heavy atom. The minimum absolute atomic E-state index is 0.258. The summed E-state index contributed by atoms with van der Waals surface area (Å²) in [6.45, 7) is 0.724. The molecule has 0 aromatic heterocycles. The maximum atomic E-state index is 6.71. The van der Waals surface area contributed by atoms with Crippen molar-refractivity contribution in [3.05, 3.63) is 60.4 Å². The SMILES string of the molecule is ClC(c1cc(Br)ccc1Br)c1cc(Br)cc2c1OCC2. The Balaban J connectivity index is 2.11. The molecule has 0 aliphatic carbocycles. The molecule has 1 aliphatic rings. The molecule has 1 atom stereocenters. The summed E-state index contributed by atoms with van der Waals surface area (Å²) in [4.78, 5) is 0. The molecule has 2 aromatic carbocycles. The van der Waals surface area contributed by atoms with Crippen molar-refractivity contribution in [2.24, 2.45) is 0 Å². The van der Waals surface area contributed by atoms with Crippen LogP contribution in [0.4, 0.5) is 0 Å². The first-order valence-corrected chi connectivity index (χ1v) is 8.92. The van der Waals surface area contributed by atoms with Crippen LogP contribution < -0.4 is 4.74 Å². The molecule has 0 spiro atoms. The van der Waals surface area contributed by atoms with E-state index in [1.807, 2.05) is 24.3 Å². The van der Waals surface area contributed by atoms with E-state index in [1.54, 1.807) is 0 Å². The van der Waals surface area contributed by atoms with Crippen molar-refractivity contribution < 1.29 is 4.74 Å². The molecule has 3 rings (SSSR count). The van der Waals surface area contributed by atoms with E-state index in [0.29, 0.717) is 0 Å². The highest BCUT2D eigenvalue weighted by molar-refractivity contribution is 9.11. The topological polar surface area (TPSA) is 9.23 Å². The van der Waals surface area contributed by atoms with Crippen molar-refractivity contribution in [3.63, 3.8) is 0 Å². The fourth-order valence-electron chi connectivity index (χ4n) is 2.36. The van der Waals surface area contributed by atoms with Crippen molar-refractivity contribution >= 4 is 59.4 Å². The molecule has 1 heterocycles. The monoisotopic (exact) mass is 478 g/mol. The van der Waals surface area contributed by atoms with Gasteiger partial charge in [0.1, 0.15) is 5.75 Å². The van der Waals surface area contributed by atoms with Crippen molar-refractivity contribution in [2.75, 3.05) is 6.61 Å². The van der Waals surface area contributed by atoms with E-state index in [2.05, 4.69) is 53.9 Å². The molecule has 0 saturated heterocycles. The maximum absolute atomic E-state index is 6.71. The fraction of sp³-hybridized carbons (Fsp3) is 0.200. The zero-order chi connectivity index (χ0) is 14.3. The second kappa shape index (κ2) is 5.99. The van der Waals surface area contributed by atoms with Crippen LogP contribution in [0.2, 0.25) is 0 Å². The number of hydrogen-bond donors (Lipinski definition) is 0. The summed E-state index contributed by atoms with van der Waals surface area (Å²) in [7, 11) is 0. The van der Waals surface area contributed by atoms with Crippen LogP contribution in [-0.4, -0.2) is 6.61 Å². The van der Waals surface area contributed by atoms with Crippen LogP contribution in [0.3, 0.4) is 0 Å². The smallest absolute Gasteiger partial charge is 0.127 e. The molecule has 0 saturated carbocycles. The Kier molecular flexibility index (Phi) is 4.46. The molecule has 1 aliphatic heterocycles. The van der Waals surface area contributed by atoms with Gasteiger partial charge in [-0.05, 0) is 41.5 Å². The van der Waals surface area contributed by atoms with Gasteiger partial charge >= 0.3 is 0 Å². The lowest BCUT2D eigenvalue weighted by Gasteiger charge is -2.16. The average molecular weight is 481 g/mol. The number of halogens is 4. The van der Waals surface area contributed by atoms with Crippen molar-refractivity contribution in [2.45, 2.75) is 11.8 Å². The molecule has 0 N–H and O–H groups in total. The lowest BCUT2D eigenvalue weighted by molar-refractivity contribution is 0.353. The van der Waals surface area contributed by atoms with Crippen molar-refractivity contribution in [1.29, 1.82) is 0 Å². The molecule has 2 aromatic rings. The summed E-state index contributed by atoms with van der Waals surface area (Å²) in [5.74, 6) is 0.931. The van der Waals surface area contributed by atoms with Gasteiger partial charge in [0.25, 0.3) is 0 Å². The van der Waals surface area contributed by atoms with Gasteiger partial charge in [0.15, 0.2) is 0 Å². The fourth-order valence-corrected chi connectivity index (χ4v) is 4.21. The second-order valence-corrected chi connectivity index (χ2v) is 7.73. The lowest BCUT2D eigenvalue weighted by atomic mass is 10.0. The predicted octanol–water partition coefficient (Wildman–Crippen LogP) is 6.24. The van der Waals surface area contributed by atoms with E-state index in [4.69, 9.17) is 16.3 Å². The first kappa shape index (κ1) is 14.9. The Morgan fingerprint density at radius 2 is 1.75 bits per heavy atom. The van der Waals surface area contributed by atoms with Gasteiger partial charge in [0.2, 0.25) is 0 Å². The quantitative estimate of drug-likeness (QED) is 0.462. The van der Waals surface area contributed by atoms with Gasteiger partial charge in [-0.15, -0.1) is 11.6 Å². The first-order chi connectivity index (χ1) is 9.56. The molecule has 1 unspecified atom stereocenters. The summed E-state index contributed by atoms with van der Waals surface area (Å²) < 4.78 is 8.80. The van der Waals surface area contributed by atoms with E-state index >= 15 is 0 Å². The first-order valence-electron chi connectivity index (χ1n) is 6.10. The number of rotatable bonds is 2. The van der Waals surface area contributed by atoms with Crippen LogP contribution in [0.15, 0.2) is 43.7 Å². The van der Waals surface area contributed by atoms with Gasteiger partial charge in [-0.25, -0.2) is 0 Å². The number of fused-ring (bicyclic) bond motifs is 1. The standard InChI is InChI=1S/C15H10Br3ClO/c16-9-1-2-13(18)11(6-9)14(19)12-7-10(17)5-8-3-4-20-15(8)12/h1-2,5-7,14H,3-4H2.